The largest absolute Gasteiger partial charge is 0.481 e. The Morgan fingerprint density at radius 2 is 2.22 bits per heavy atom. The van der Waals surface area contributed by atoms with E-state index in [-0.39, 0.29) is 6.42 Å². The maximum Gasteiger partial charge on any atom is 0.303 e. The third-order valence-electron chi connectivity index (χ3n) is 2.22. The molecule has 0 radical (unpaired) electrons. The smallest absolute Gasteiger partial charge is 0.303 e. The summed E-state index contributed by atoms with van der Waals surface area (Å²) in [7, 11) is 0. The molecule has 0 atom stereocenters. The molecule has 1 rings (SSSR count). The molecule has 0 unspecified atom stereocenters. The number of thioether (sulfide) groups is 1. The van der Waals surface area contributed by atoms with Gasteiger partial charge in [-0.25, -0.2) is 0 Å². The van der Waals surface area contributed by atoms with Gasteiger partial charge in [-0.15, -0.1) is 0 Å². The SMILES string of the molecule is CC(C)CSCc1noc(CCCCC(=O)O)n1. The molecule has 1 aromatic rings. The van der Waals surface area contributed by atoms with Gasteiger partial charge in [-0.05, 0) is 24.5 Å². The van der Waals surface area contributed by atoms with E-state index < -0.39 is 5.97 Å². The van der Waals surface area contributed by atoms with E-state index in [2.05, 4.69) is 24.0 Å². The number of carboxylic acid groups (broad SMARTS) is 1. The normalized spacial score (nSPS) is 11.1. The van der Waals surface area contributed by atoms with Crippen molar-refractivity contribution in [1.29, 1.82) is 0 Å². The lowest BCUT2D eigenvalue weighted by Gasteiger charge is -2.00. The van der Waals surface area contributed by atoms with Gasteiger partial charge in [0.25, 0.3) is 0 Å². The molecule has 1 N–H and O–H groups in total. The Hall–Kier alpha value is -1.04. The van der Waals surface area contributed by atoms with Gasteiger partial charge < -0.3 is 9.63 Å². The molecule has 0 saturated carbocycles. The summed E-state index contributed by atoms with van der Waals surface area (Å²) in [5.74, 6) is 3.11. The van der Waals surface area contributed by atoms with E-state index in [0.29, 0.717) is 24.7 Å². The van der Waals surface area contributed by atoms with E-state index in [1.54, 1.807) is 11.8 Å². The summed E-state index contributed by atoms with van der Waals surface area (Å²) in [6.07, 6.45) is 2.28. The second-order valence-electron chi connectivity index (χ2n) is 4.61. The number of nitrogens with zero attached hydrogens (tertiary/aromatic N) is 2. The third kappa shape index (κ3) is 6.64. The summed E-state index contributed by atoms with van der Waals surface area (Å²) >= 11 is 1.80. The number of aliphatic carboxylic acids is 1. The van der Waals surface area contributed by atoms with E-state index in [1.165, 1.54) is 0 Å². The lowest BCUT2D eigenvalue weighted by atomic mass is 10.2. The Labute approximate surface area is 111 Å². The van der Waals surface area contributed by atoms with E-state index in [0.717, 1.165) is 23.8 Å². The Bertz CT molecular complexity index is 366. The van der Waals surface area contributed by atoms with Crippen LogP contribution in [0.1, 0.15) is 44.8 Å². The maximum atomic E-state index is 10.3. The zero-order valence-electron chi connectivity index (χ0n) is 10.9. The standard InChI is InChI=1S/C12H20N2O3S/c1-9(2)7-18-8-10-13-11(17-14-10)5-3-4-6-12(15)16/h9H,3-8H2,1-2H3,(H,15,16). The van der Waals surface area contributed by atoms with Gasteiger partial charge in [-0.1, -0.05) is 19.0 Å². The molecule has 18 heavy (non-hydrogen) atoms. The van der Waals surface area contributed by atoms with Gasteiger partial charge >= 0.3 is 5.97 Å². The number of carboxylic acids is 1. The first-order valence-corrected chi connectivity index (χ1v) is 7.34. The Morgan fingerprint density at radius 1 is 1.44 bits per heavy atom. The molecule has 0 bridgehead atoms. The first-order valence-electron chi connectivity index (χ1n) is 6.19. The van der Waals surface area contributed by atoms with Gasteiger partial charge in [-0.3, -0.25) is 4.79 Å². The van der Waals surface area contributed by atoms with Crippen LogP contribution in [0.25, 0.3) is 0 Å². The van der Waals surface area contributed by atoms with Crippen molar-refractivity contribution in [2.75, 3.05) is 5.75 Å². The third-order valence-corrected chi connectivity index (χ3v) is 3.59. The molecule has 102 valence electrons. The first kappa shape index (κ1) is 15.0. The average molecular weight is 272 g/mol. The highest BCUT2D eigenvalue weighted by molar-refractivity contribution is 7.98. The molecule has 1 heterocycles. The molecular weight excluding hydrogens is 252 g/mol. The highest BCUT2D eigenvalue weighted by Gasteiger charge is 2.07. The van der Waals surface area contributed by atoms with Crippen LogP contribution < -0.4 is 0 Å². The van der Waals surface area contributed by atoms with Gasteiger partial charge in [0.2, 0.25) is 5.89 Å². The number of carbonyl (C=O) groups is 1. The molecule has 0 spiro atoms. The highest BCUT2D eigenvalue weighted by atomic mass is 32.2. The first-order chi connectivity index (χ1) is 8.58. The van der Waals surface area contributed by atoms with E-state index in [1.807, 2.05) is 0 Å². The van der Waals surface area contributed by atoms with Crippen molar-refractivity contribution in [2.45, 2.75) is 45.3 Å². The Morgan fingerprint density at radius 3 is 2.89 bits per heavy atom. The number of aryl methyl sites for hydroxylation is 1. The minimum atomic E-state index is -0.758. The zero-order valence-corrected chi connectivity index (χ0v) is 11.7. The molecule has 0 amide bonds. The summed E-state index contributed by atoms with van der Waals surface area (Å²) in [6, 6.07) is 0. The van der Waals surface area contributed by atoms with Crippen molar-refractivity contribution in [1.82, 2.24) is 10.1 Å². The molecular formula is C12H20N2O3S. The second kappa shape index (κ2) is 8.13. The molecule has 5 nitrogen and oxygen atoms in total. The highest BCUT2D eigenvalue weighted by Crippen LogP contribution is 2.14. The molecule has 0 aliphatic heterocycles. The van der Waals surface area contributed by atoms with Gasteiger partial charge in [0.05, 0.1) is 5.75 Å². The lowest BCUT2D eigenvalue weighted by molar-refractivity contribution is -0.137. The van der Waals surface area contributed by atoms with Gasteiger partial charge in [0.15, 0.2) is 5.82 Å². The molecule has 1 aromatic heterocycles. The van der Waals surface area contributed by atoms with Crippen molar-refractivity contribution in [3.05, 3.63) is 11.7 Å². The van der Waals surface area contributed by atoms with Crippen LogP contribution in [0.4, 0.5) is 0 Å². The number of hydrogen-bond acceptors (Lipinski definition) is 5. The van der Waals surface area contributed by atoms with Crippen LogP contribution >= 0.6 is 11.8 Å². The average Bonchev–Trinajstić information content (AvgIpc) is 2.72. The number of unbranched alkanes of at least 4 members (excludes halogenated alkanes) is 1. The fourth-order valence-electron chi connectivity index (χ4n) is 1.39. The lowest BCUT2D eigenvalue weighted by Crippen LogP contribution is -1.95. The van der Waals surface area contributed by atoms with Crippen LogP contribution in [0.2, 0.25) is 0 Å². The van der Waals surface area contributed by atoms with Crippen LogP contribution in [-0.2, 0) is 17.0 Å². The van der Waals surface area contributed by atoms with Crippen LogP contribution in [0.15, 0.2) is 4.52 Å². The van der Waals surface area contributed by atoms with Crippen molar-refractivity contribution in [3.63, 3.8) is 0 Å². The summed E-state index contributed by atoms with van der Waals surface area (Å²) in [4.78, 5) is 14.6. The summed E-state index contributed by atoms with van der Waals surface area (Å²) in [5.41, 5.74) is 0. The van der Waals surface area contributed by atoms with Crippen LogP contribution in [0.5, 0.6) is 0 Å². The van der Waals surface area contributed by atoms with Gasteiger partial charge in [0, 0.05) is 12.8 Å². The van der Waals surface area contributed by atoms with Gasteiger partial charge in [-0.2, -0.15) is 16.7 Å². The fourth-order valence-corrected chi connectivity index (χ4v) is 2.28. The summed E-state index contributed by atoms with van der Waals surface area (Å²) in [6.45, 7) is 4.36. The molecule has 0 saturated heterocycles. The quantitative estimate of drug-likeness (QED) is 0.697. The predicted octanol–water partition coefficient (Wildman–Crippen LogP) is 2.76. The van der Waals surface area contributed by atoms with Crippen molar-refractivity contribution in [2.24, 2.45) is 5.92 Å². The van der Waals surface area contributed by atoms with Crippen LogP contribution in [-0.4, -0.2) is 27.0 Å². The number of rotatable bonds is 9. The maximum absolute atomic E-state index is 10.3. The molecule has 0 aliphatic rings. The van der Waals surface area contributed by atoms with E-state index >= 15 is 0 Å². The van der Waals surface area contributed by atoms with Crippen molar-refractivity contribution in [3.8, 4) is 0 Å². The van der Waals surface area contributed by atoms with Crippen LogP contribution in [0, 0.1) is 5.92 Å². The summed E-state index contributed by atoms with van der Waals surface area (Å²) < 4.78 is 5.11. The Balaban J connectivity index is 2.19. The molecule has 0 aromatic carbocycles. The topological polar surface area (TPSA) is 76.2 Å². The van der Waals surface area contributed by atoms with Crippen LogP contribution in [0.3, 0.4) is 0 Å². The molecule has 6 heteroatoms. The Kier molecular flexibility index (Phi) is 6.78. The van der Waals surface area contributed by atoms with Crippen molar-refractivity contribution >= 4 is 17.7 Å². The van der Waals surface area contributed by atoms with Gasteiger partial charge in [0.1, 0.15) is 0 Å². The van der Waals surface area contributed by atoms with Crippen molar-refractivity contribution < 1.29 is 14.4 Å². The number of aromatic nitrogens is 2. The minimum absolute atomic E-state index is 0.200. The minimum Gasteiger partial charge on any atom is -0.481 e. The zero-order chi connectivity index (χ0) is 13.4. The second-order valence-corrected chi connectivity index (χ2v) is 5.64. The molecule has 0 aliphatic carbocycles. The molecule has 0 fully saturated rings. The van der Waals surface area contributed by atoms with E-state index in [4.69, 9.17) is 9.63 Å². The monoisotopic (exact) mass is 272 g/mol. The number of hydrogen-bond donors (Lipinski definition) is 1. The van der Waals surface area contributed by atoms with E-state index in [9.17, 15) is 4.79 Å². The summed E-state index contributed by atoms with van der Waals surface area (Å²) in [5, 5.41) is 12.4. The predicted molar refractivity (Wildman–Crippen MR) is 70.5 cm³/mol. The fraction of sp³-hybridized carbons (Fsp3) is 0.750.